The highest BCUT2D eigenvalue weighted by molar-refractivity contribution is 4.63. The van der Waals surface area contributed by atoms with E-state index in [1.165, 1.54) is 45.3 Å². The molecule has 0 aliphatic rings. The quantitative estimate of drug-likeness (QED) is 0.555. The van der Waals surface area contributed by atoms with E-state index in [0.29, 0.717) is 0 Å². The van der Waals surface area contributed by atoms with Crippen molar-refractivity contribution in [1.82, 2.24) is 4.90 Å². The van der Waals surface area contributed by atoms with Gasteiger partial charge in [-0.05, 0) is 37.8 Å². The van der Waals surface area contributed by atoms with Crippen molar-refractivity contribution in [2.24, 2.45) is 11.8 Å². The molecule has 15 heavy (non-hydrogen) atoms. The van der Waals surface area contributed by atoms with Gasteiger partial charge in [-0.3, -0.25) is 0 Å². The van der Waals surface area contributed by atoms with E-state index in [0.717, 1.165) is 11.8 Å². The first-order valence-corrected chi connectivity index (χ1v) is 6.86. The summed E-state index contributed by atoms with van der Waals surface area (Å²) in [6, 6.07) is 0. The first kappa shape index (κ1) is 15.0. The van der Waals surface area contributed by atoms with Crippen LogP contribution in [0, 0.1) is 11.8 Å². The number of nitrogens with zero attached hydrogens (tertiary/aromatic N) is 1. The summed E-state index contributed by atoms with van der Waals surface area (Å²) < 4.78 is 0. The summed E-state index contributed by atoms with van der Waals surface area (Å²) in [6.07, 6.45) is 5.42. The minimum Gasteiger partial charge on any atom is -0.303 e. The van der Waals surface area contributed by atoms with E-state index in [1.807, 2.05) is 0 Å². The molecule has 0 N–H and O–H groups in total. The molecule has 0 spiro atoms. The van der Waals surface area contributed by atoms with Crippen molar-refractivity contribution in [2.75, 3.05) is 19.6 Å². The lowest BCUT2D eigenvalue weighted by atomic mass is 9.96. The molecule has 92 valence electrons. The van der Waals surface area contributed by atoms with Crippen molar-refractivity contribution in [1.29, 1.82) is 0 Å². The smallest absolute Gasteiger partial charge is 0.000690 e. The Hall–Kier alpha value is -0.0400. The van der Waals surface area contributed by atoms with Crippen molar-refractivity contribution in [3.05, 3.63) is 0 Å². The van der Waals surface area contributed by atoms with Crippen LogP contribution < -0.4 is 0 Å². The maximum Gasteiger partial charge on any atom is 0.000690 e. The van der Waals surface area contributed by atoms with Gasteiger partial charge in [0.05, 0.1) is 0 Å². The largest absolute Gasteiger partial charge is 0.303 e. The van der Waals surface area contributed by atoms with E-state index in [9.17, 15) is 0 Å². The fourth-order valence-corrected chi connectivity index (χ4v) is 2.00. The average molecular weight is 213 g/mol. The van der Waals surface area contributed by atoms with Crippen LogP contribution in [0.25, 0.3) is 0 Å². The Morgan fingerprint density at radius 2 is 1.53 bits per heavy atom. The van der Waals surface area contributed by atoms with Gasteiger partial charge in [0.1, 0.15) is 0 Å². The monoisotopic (exact) mass is 213 g/mol. The van der Waals surface area contributed by atoms with E-state index in [-0.39, 0.29) is 0 Å². The highest BCUT2D eigenvalue weighted by Gasteiger charge is 2.09. The van der Waals surface area contributed by atoms with Crippen molar-refractivity contribution in [2.45, 2.75) is 60.3 Å². The lowest BCUT2D eigenvalue weighted by Crippen LogP contribution is -2.29. The molecule has 0 fully saturated rings. The summed E-state index contributed by atoms with van der Waals surface area (Å²) in [7, 11) is 0. The Labute approximate surface area is 97.2 Å². The van der Waals surface area contributed by atoms with Crippen LogP contribution in [0.15, 0.2) is 0 Å². The van der Waals surface area contributed by atoms with Crippen LogP contribution in [-0.2, 0) is 0 Å². The molecular weight excluding hydrogens is 182 g/mol. The van der Waals surface area contributed by atoms with Gasteiger partial charge < -0.3 is 4.90 Å². The fraction of sp³-hybridized carbons (Fsp3) is 1.00. The van der Waals surface area contributed by atoms with Crippen molar-refractivity contribution in [3.63, 3.8) is 0 Å². The molecule has 0 saturated carbocycles. The van der Waals surface area contributed by atoms with Crippen LogP contribution in [0.4, 0.5) is 0 Å². The third kappa shape index (κ3) is 7.84. The van der Waals surface area contributed by atoms with Gasteiger partial charge in [0.25, 0.3) is 0 Å². The summed E-state index contributed by atoms with van der Waals surface area (Å²) in [5.74, 6) is 1.78. The molecule has 0 aromatic rings. The second-order valence-corrected chi connectivity index (χ2v) is 5.09. The molecule has 0 bridgehead atoms. The van der Waals surface area contributed by atoms with E-state index >= 15 is 0 Å². The first-order chi connectivity index (χ1) is 7.13. The summed E-state index contributed by atoms with van der Waals surface area (Å²) in [5.41, 5.74) is 0. The Kier molecular flexibility index (Phi) is 9.18. The van der Waals surface area contributed by atoms with Gasteiger partial charge >= 0.3 is 0 Å². The first-order valence-electron chi connectivity index (χ1n) is 6.86. The normalized spacial score (nSPS) is 15.6. The van der Waals surface area contributed by atoms with Crippen LogP contribution in [0.5, 0.6) is 0 Å². The Morgan fingerprint density at radius 1 is 0.933 bits per heavy atom. The Bertz CT molecular complexity index is 133. The molecule has 0 amide bonds. The van der Waals surface area contributed by atoms with Gasteiger partial charge in [-0.2, -0.15) is 0 Å². The Morgan fingerprint density at radius 3 is 2.00 bits per heavy atom. The number of rotatable bonds is 9. The standard InChI is InChI=1S/C14H31N/c1-6-11-15(8-3)12-14(5)10-9-13(4)7-2/h13-14H,6-12H2,1-5H3/t13?,14-/m1/s1. The zero-order valence-electron chi connectivity index (χ0n) is 11.6. The predicted molar refractivity (Wildman–Crippen MR) is 70.3 cm³/mol. The number of hydrogen-bond acceptors (Lipinski definition) is 1. The highest BCUT2D eigenvalue weighted by atomic mass is 15.1. The van der Waals surface area contributed by atoms with Gasteiger partial charge in [0, 0.05) is 6.54 Å². The third-order valence-electron chi connectivity index (χ3n) is 3.41. The molecule has 0 aromatic heterocycles. The van der Waals surface area contributed by atoms with Crippen molar-refractivity contribution < 1.29 is 0 Å². The van der Waals surface area contributed by atoms with E-state index in [4.69, 9.17) is 0 Å². The van der Waals surface area contributed by atoms with Crippen LogP contribution in [-0.4, -0.2) is 24.5 Å². The summed E-state index contributed by atoms with van der Waals surface area (Å²) >= 11 is 0. The molecular formula is C14H31N. The van der Waals surface area contributed by atoms with Crippen LogP contribution >= 0.6 is 0 Å². The lowest BCUT2D eigenvalue weighted by Gasteiger charge is -2.24. The van der Waals surface area contributed by atoms with Crippen molar-refractivity contribution >= 4 is 0 Å². The molecule has 1 heteroatoms. The lowest BCUT2D eigenvalue weighted by molar-refractivity contribution is 0.236. The Balaban J connectivity index is 3.65. The molecule has 0 aromatic carbocycles. The third-order valence-corrected chi connectivity index (χ3v) is 3.41. The minimum atomic E-state index is 0.866. The SMILES string of the molecule is CCCN(CC)C[C@H](C)CCC(C)CC. The maximum absolute atomic E-state index is 2.58. The molecule has 1 nitrogen and oxygen atoms in total. The van der Waals surface area contributed by atoms with Crippen LogP contribution in [0.3, 0.4) is 0 Å². The van der Waals surface area contributed by atoms with Gasteiger partial charge in [-0.25, -0.2) is 0 Å². The van der Waals surface area contributed by atoms with Gasteiger partial charge in [-0.1, -0.05) is 47.5 Å². The molecule has 0 saturated heterocycles. The summed E-state index contributed by atoms with van der Waals surface area (Å²) in [5, 5.41) is 0. The van der Waals surface area contributed by atoms with Gasteiger partial charge in [-0.15, -0.1) is 0 Å². The second-order valence-electron chi connectivity index (χ2n) is 5.09. The highest BCUT2D eigenvalue weighted by Crippen LogP contribution is 2.15. The summed E-state index contributed by atoms with van der Waals surface area (Å²) in [6.45, 7) is 15.4. The minimum absolute atomic E-state index is 0.866. The fourth-order valence-electron chi connectivity index (χ4n) is 2.00. The molecule has 1 unspecified atom stereocenters. The molecule has 0 aliphatic heterocycles. The molecule has 0 rings (SSSR count). The van der Waals surface area contributed by atoms with E-state index < -0.39 is 0 Å². The molecule has 0 radical (unpaired) electrons. The maximum atomic E-state index is 2.58. The molecule has 0 heterocycles. The molecule has 2 atom stereocenters. The topological polar surface area (TPSA) is 3.24 Å². The van der Waals surface area contributed by atoms with E-state index in [1.54, 1.807) is 0 Å². The second kappa shape index (κ2) is 9.21. The zero-order chi connectivity index (χ0) is 11.7. The molecule has 0 aliphatic carbocycles. The van der Waals surface area contributed by atoms with Crippen LogP contribution in [0.1, 0.15) is 60.3 Å². The predicted octanol–water partition coefficient (Wildman–Crippen LogP) is 4.18. The van der Waals surface area contributed by atoms with Crippen molar-refractivity contribution in [3.8, 4) is 0 Å². The van der Waals surface area contributed by atoms with Gasteiger partial charge in [0.15, 0.2) is 0 Å². The van der Waals surface area contributed by atoms with Crippen LogP contribution in [0.2, 0.25) is 0 Å². The number of hydrogen-bond donors (Lipinski definition) is 0. The van der Waals surface area contributed by atoms with Gasteiger partial charge in [0.2, 0.25) is 0 Å². The summed E-state index contributed by atoms with van der Waals surface area (Å²) in [4.78, 5) is 2.58. The average Bonchev–Trinajstić information content (AvgIpc) is 2.25. The van der Waals surface area contributed by atoms with E-state index in [2.05, 4.69) is 39.5 Å². The zero-order valence-corrected chi connectivity index (χ0v) is 11.6.